The van der Waals surface area contributed by atoms with E-state index in [4.69, 9.17) is 11.1 Å². The van der Waals surface area contributed by atoms with Crippen LogP contribution in [0, 0.1) is 0 Å². The summed E-state index contributed by atoms with van der Waals surface area (Å²) in [4.78, 5) is 28.7. The van der Waals surface area contributed by atoms with Crippen LogP contribution in [0.5, 0.6) is 0 Å². The minimum Gasteiger partial charge on any atom is -0.384 e. The Morgan fingerprint density at radius 1 is 0.853 bits per heavy atom. The molecule has 3 aromatic carbocycles. The van der Waals surface area contributed by atoms with Crippen molar-refractivity contribution in [3.63, 3.8) is 0 Å². The lowest BCUT2D eigenvalue weighted by molar-refractivity contribution is -0.115. The Morgan fingerprint density at radius 3 is 1.94 bits per heavy atom. The van der Waals surface area contributed by atoms with Gasteiger partial charge in [0.25, 0.3) is 5.91 Å². The van der Waals surface area contributed by atoms with Gasteiger partial charge in [-0.2, -0.15) is 0 Å². The molecule has 172 valence electrons. The molecule has 6 N–H and O–H groups in total. The van der Waals surface area contributed by atoms with Crippen molar-refractivity contribution in [2.24, 2.45) is 10.7 Å². The summed E-state index contributed by atoms with van der Waals surface area (Å²) in [6.07, 6.45) is 3.90. The van der Waals surface area contributed by atoms with E-state index in [1.807, 2.05) is 31.2 Å². The van der Waals surface area contributed by atoms with E-state index in [9.17, 15) is 9.59 Å². The average Bonchev–Trinajstić information content (AvgIpc) is 2.87. The van der Waals surface area contributed by atoms with Crippen LogP contribution in [-0.2, 0) is 4.79 Å². The zero-order valence-electron chi connectivity index (χ0n) is 19.2. The SMILES string of the molecule is CCC(=[NH2+])c1ccc(NC(=O)/C=C/c2ccc(C(=O)Nc3ccc(C(N)=NC)cc3)cc2)cc1. The molecule has 0 spiro atoms. The highest BCUT2D eigenvalue weighted by Crippen LogP contribution is 2.14. The van der Waals surface area contributed by atoms with Gasteiger partial charge in [0.1, 0.15) is 5.84 Å². The van der Waals surface area contributed by atoms with Crippen molar-refractivity contribution in [1.29, 1.82) is 0 Å². The molecule has 0 atom stereocenters. The van der Waals surface area contributed by atoms with E-state index in [0.717, 1.165) is 28.8 Å². The topological polar surface area (TPSA) is 122 Å². The van der Waals surface area contributed by atoms with Gasteiger partial charge in [-0.05, 0) is 72.3 Å². The number of rotatable bonds is 8. The number of benzene rings is 3. The molecular weight excluding hydrogens is 426 g/mol. The first kappa shape index (κ1) is 24.1. The van der Waals surface area contributed by atoms with Crippen molar-refractivity contribution in [2.75, 3.05) is 17.7 Å². The Bertz CT molecular complexity index is 1230. The second-order valence-electron chi connectivity index (χ2n) is 7.54. The maximum Gasteiger partial charge on any atom is 0.255 e. The molecule has 3 aromatic rings. The van der Waals surface area contributed by atoms with Crippen LogP contribution >= 0.6 is 0 Å². The molecule has 0 bridgehead atoms. The second-order valence-corrected chi connectivity index (χ2v) is 7.54. The Balaban J connectivity index is 1.55. The fourth-order valence-corrected chi connectivity index (χ4v) is 3.13. The molecule has 0 unspecified atom stereocenters. The van der Waals surface area contributed by atoms with Crippen LogP contribution in [0.25, 0.3) is 6.08 Å². The van der Waals surface area contributed by atoms with Crippen LogP contribution in [0.15, 0.2) is 83.9 Å². The summed E-state index contributed by atoms with van der Waals surface area (Å²) >= 11 is 0. The lowest BCUT2D eigenvalue weighted by Crippen LogP contribution is -2.39. The van der Waals surface area contributed by atoms with Crippen LogP contribution in [0.2, 0.25) is 0 Å². The lowest BCUT2D eigenvalue weighted by Gasteiger charge is -2.07. The van der Waals surface area contributed by atoms with Gasteiger partial charge < -0.3 is 16.4 Å². The molecule has 0 aliphatic heterocycles. The van der Waals surface area contributed by atoms with Gasteiger partial charge >= 0.3 is 0 Å². The molecule has 7 nitrogen and oxygen atoms in total. The molecular formula is C27H28N5O2+. The van der Waals surface area contributed by atoms with Gasteiger partial charge in [-0.15, -0.1) is 0 Å². The van der Waals surface area contributed by atoms with Crippen molar-refractivity contribution in [2.45, 2.75) is 13.3 Å². The number of nitrogens with two attached hydrogens (primary N) is 2. The van der Waals surface area contributed by atoms with Crippen LogP contribution in [-0.4, -0.2) is 30.4 Å². The maximum absolute atomic E-state index is 12.5. The quantitative estimate of drug-likeness (QED) is 0.238. The number of anilines is 2. The number of carbonyl (C=O) groups excluding carboxylic acids is 2. The van der Waals surface area contributed by atoms with E-state index in [1.165, 1.54) is 6.08 Å². The maximum atomic E-state index is 12.5. The number of hydrogen-bond acceptors (Lipinski definition) is 3. The first-order valence-electron chi connectivity index (χ1n) is 10.8. The van der Waals surface area contributed by atoms with Crippen molar-refractivity contribution < 1.29 is 15.0 Å². The number of amides is 2. The van der Waals surface area contributed by atoms with E-state index in [1.54, 1.807) is 61.7 Å². The summed E-state index contributed by atoms with van der Waals surface area (Å²) in [6, 6.07) is 21.5. The summed E-state index contributed by atoms with van der Waals surface area (Å²) < 4.78 is 0. The molecule has 7 heteroatoms. The number of nitrogens with one attached hydrogen (secondary N) is 2. The Labute approximate surface area is 198 Å². The summed E-state index contributed by atoms with van der Waals surface area (Å²) in [5, 5.41) is 11.6. The van der Waals surface area contributed by atoms with Gasteiger partial charge in [0.2, 0.25) is 5.91 Å². The van der Waals surface area contributed by atoms with E-state index in [0.29, 0.717) is 22.8 Å². The van der Waals surface area contributed by atoms with Crippen LogP contribution in [0.1, 0.15) is 40.4 Å². The van der Waals surface area contributed by atoms with E-state index in [2.05, 4.69) is 15.6 Å². The molecule has 0 aliphatic rings. The summed E-state index contributed by atoms with van der Waals surface area (Å²) in [5.41, 5.74) is 11.0. The third kappa shape index (κ3) is 6.49. The highest BCUT2D eigenvalue weighted by Gasteiger charge is 2.07. The number of aliphatic imine (C=N–C) groups is 1. The monoisotopic (exact) mass is 454 g/mol. The highest BCUT2D eigenvalue weighted by atomic mass is 16.2. The van der Waals surface area contributed by atoms with E-state index < -0.39 is 0 Å². The Kier molecular flexibility index (Phi) is 8.07. The minimum atomic E-state index is -0.251. The fraction of sp³-hybridized carbons (Fsp3) is 0.111. The molecule has 0 radical (unpaired) electrons. The van der Waals surface area contributed by atoms with Crippen LogP contribution < -0.4 is 21.8 Å². The van der Waals surface area contributed by atoms with E-state index >= 15 is 0 Å². The molecule has 0 fully saturated rings. The number of carbonyl (C=O) groups is 2. The summed E-state index contributed by atoms with van der Waals surface area (Å²) in [5.74, 6) is -0.0503. The van der Waals surface area contributed by atoms with Crippen LogP contribution in [0.4, 0.5) is 11.4 Å². The second kappa shape index (κ2) is 11.4. The molecule has 0 aliphatic carbocycles. The zero-order valence-corrected chi connectivity index (χ0v) is 19.2. The summed E-state index contributed by atoms with van der Waals surface area (Å²) in [7, 11) is 1.62. The highest BCUT2D eigenvalue weighted by molar-refractivity contribution is 6.05. The van der Waals surface area contributed by atoms with Gasteiger partial charge in [0, 0.05) is 47.6 Å². The smallest absolute Gasteiger partial charge is 0.255 e. The fourth-order valence-electron chi connectivity index (χ4n) is 3.13. The molecule has 34 heavy (non-hydrogen) atoms. The van der Waals surface area contributed by atoms with Gasteiger partial charge in [-0.1, -0.05) is 19.1 Å². The molecule has 0 saturated carbocycles. The average molecular weight is 455 g/mol. The summed E-state index contributed by atoms with van der Waals surface area (Å²) in [6.45, 7) is 1.99. The lowest BCUT2D eigenvalue weighted by atomic mass is 10.1. The zero-order chi connectivity index (χ0) is 24.5. The predicted octanol–water partition coefficient (Wildman–Crippen LogP) is 2.88. The normalized spacial score (nSPS) is 11.3. The number of nitrogens with zero attached hydrogens (tertiary/aromatic N) is 1. The van der Waals surface area contributed by atoms with Crippen molar-refractivity contribution in [1.82, 2.24) is 0 Å². The Hall–Kier alpha value is -4.52. The van der Waals surface area contributed by atoms with Crippen LogP contribution in [0.3, 0.4) is 0 Å². The third-order valence-corrected chi connectivity index (χ3v) is 5.18. The molecule has 0 saturated heterocycles. The molecule has 2 amide bonds. The molecule has 3 rings (SSSR count). The first-order valence-corrected chi connectivity index (χ1v) is 10.8. The standard InChI is InChI=1S/C27H27N5O2/c1-3-24(28)19-9-13-22(14-10-19)31-25(33)17-6-18-4-7-21(8-5-18)27(34)32-23-15-11-20(12-16-23)26(29)30-2/h4-17,28H,3H2,1-2H3,(H2,29,30)(H,31,33)(H,32,34)/p+1/b17-6+,28-24?. The Morgan fingerprint density at radius 2 is 1.38 bits per heavy atom. The van der Waals surface area contributed by atoms with Crippen molar-refractivity contribution in [3.8, 4) is 0 Å². The van der Waals surface area contributed by atoms with Gasteiger partial charge in [0.05, 0.1) is 0 Å². The van der Waals surface area contributed by atoms with Gasteiger partial charge in [-0.3, -0.25) is 20.0 Å². The third-order valence-electron chi connectivity index (χ3n) is 5.18. The van der Waals surface area contributed by atoms with Gasteiger partial charge in [0.15, 0.2) is 5.71 Å². The largest absolute Gasteiger partial charge is 0.384 e. The first-order chi connectivity index (χ1) is 16.4. The predicted molar refractivity (Wildman–Crippen MR) is 138 cm³/mol. The van der Waals surface area contributed by atoms with Crippen molar-refractivity contribution in [3.05, 3.63) is 101 Å². The molecule has 0 aromatic heterocycles. The van der Waals surface area contributed by atoms with Gasteiger partial charge in [-0.25, -0.2) is 0 Å². The molecule has 0 heterocycles. The van der Waals surface area contributed by atoms with E-state index in [-0.39, 0.29) is 11.8 Å². The number of hydrogen-bond donors (Lipinski definition) is 4. The van der Waals surface area contributed by atoms with Crippen molar-refractivity contribution >= 4 is 40.8 Å². The minimum absolute atomic E-state index is 0.234. The number of amidine groups is 1.